The van der Waals surface area contributed by atoms with Crippen LogP contribution in [0.3, 0.4) is 0 Å². The molecule has 0 saturated heterocycles. The van der Waals surface area contributed by atoms with Crippen LogP contribution in [0.15, 0.2) is 75.6 Å². The molecule has 4 aromatic rings. The molecule has 0 aliphatic heterocycles. The van der Waals surface area contributed by atoms with E-state index in [2.05, 4.69) is 15.9 Å². The van der Waals surface area contributed by atoms with Crippen LogP contribution >= 0.6 is 15.9 Å². The van der Waals surface area contributed by atoms with Gasteiger partial charge in [0.1, 0.15) is 35.1 Å². The lowest BCUT2D eigenvalue weighted by Gasteiger charge is -2.09. The number of fused-ring (bicyclic) bond motifs is 1. The highest BCUT2D eigenvalue weighted by molar-refractivity contribution is 9.10. The van der Waals surface area contributed by atoms with Gasteiger partial charge < -0.3 is 13.9 Å². The summed E-state index contributed by atoms with van der Waals surface area (Å²) in [5, 5.41) is 0.569. The molecule has 0 N–H and O–H groups in total. The van der Waals surface area contributed by atoms with Crippen LogP contribution in [0.1, 0.15) is 22.8 Å². The van der Waals surface area contributed by atoms with E-state index in [1.54, 1.807) is 37.3 Å². The molecule has 4 nitrogen and oxygen atoms in total. The quantitative estimate of drug-likeness (QED) is 0.293. The Bertz CT molecular complexity index is 1200. The topological polar surface area (TPSA) is 48.7 Å². The van der Waals surface area contributed by atoms with E-state index in [9.17, 15) is 9.18 Å². The van der Waals surface area contributed by atoms with Crippen molar-refractivity contribution in [3.63, 3.8) is 0 Å². The van der Waals surface area contributed by atoms with Gasteiger partial charge in [0.05, 0.1) is 11.1 Å². The van der Waals surface area contributed by atoms with Gasteiger partial charge in [-0.1, -0.05) is 48.5 Å². The summed E-state index contributed by atoms with van der Waals surface area (Å²) in [7, 11) is 0. The summed E-state index contributed by atoms with van der Waals surface area (Å²) >= 11 is 3.47. The Morgan fingerprint density at radius 3 is 2.53 bits per heavy atom. The molecule has 0 aliphatic carbocycles. The van der Waals surface area contributed by atoms with Gasteiger partial charge in [0.2, 0.25) is 0 Å². The smallest absolute Gasteiger partial charge is 0.342 e. The Morgan fingerprint density at radius 2 is 1.80 bits per heavy atom. The first-order chi connectivity index (χ1) is 14.6. The molecule has 4 rings (SSSR count). The van der Waals surface area contributed by atoms with Crippen LogP contribution in [0.25, 0.3) is 22.3 Å². The summed E-state index contributed by atoms with van der Waals surface area (Å²) in [5.74, 6) is 0.0907. The molecule has 0 unspecified atom stereocenters. The summed E-state index contributed by atoms with van der Waals surface area (Å²) in [6.45, 7) is 2.05. The van der Waals surface area contributed by atoms with Crippen LogP contribution in [-0.4, -0.2) is 12.6 Å². The van der Waals surface area contributed by atoms with E-state index in [1.165, 1.54) is 6.07 Å². The largest absolute Gasteiger partial charge is 0.488 e. The first kappa shape index (κ1) is 20.2. The Kier molecular flexibility index (Phi) is 5.86. The lowest BCUT2D eigenvalue weighted by molar-refractivity contribution is 0.0528. The lowest BCUT2D eigenvalue weighted by atomic mass is 10.1. The predicted molar refractivity (Wildman–Crippen MR) is 116 cm³/mol. The zero-order valence-electron chi connectivity index (χ0n) is 16.2. The van der Waals surface area contributed by atoms with Crippen molar-refractivity contribution in [3.8, 4) is 17.1 Å². The van der Waals surface area contributed by atoms with Crippen LogP contribution in [-0.2, 0) is 11.3 Å². The standard InChI is InChI=1S/C24H18BrFO4/c1-2-28-24(27)22-17-12-21(29-14-16-10-6-7-11-19(16)26)18(25)13-20(17)30-23(22)15-8-4-3-5-9-15/h3-13H,2,14H2,1H3. The third-order valence-electron chi connectivity index (χ3n) is 4.60. The SMILES string of the molecule is CCOC(=O)c1c(-c2ccccc2)oc2cc(Br)c(OCc3ccccc3F)cc12. The normalized spacial score (nSPS) is 10.9. The molecule has 0 fully saturated rings. The van der Waals surface area contributed by atoms with Gasteiger partial charge in [-0.15, -0.1) is 0 Å². The van der Waals surface area contributed by atoms with Crippen LogP contribution in [0, 0.1) is 5.82 Å². The fraction of sp³-hybridized carbons (Fsp3) is 0.125. The fourth-order valence-electron chi connectivity index (χ4n) is 3.18. The van der Waals surface area contributed by atoms with Gasteiger partial charge in [0.15, 0.2) is 0 Å². The molecule has 1 heterocycles. The second kappa shape index (κ2) is 8.71. The highest BCUT2D eigenvalue weighted by Gasteiger charge is 2.24. The van der Waals surface area contributed by atoms with Crippen molar-refractivity contribution < 1.29 is 23.1 Å². The first-order valence-corrected chi connectivity index (χ1v) is 10.2. The van der Waals surface area contributed by atoms with Gasteiger partial charge in [-0.05, 0) is 41.1 Å². The first-order valence-electron chi connectivity index (χ1n) is 9.43. The number of rotatable bonds is 6. The van der Waals surface area contributed by atoms with Crippen molar-refractivity contribution in [1.82, 2.24) is 0 Å². The Balaban J connectivity index is 1.79. The molecule has 152 valence electrons. The van der Waals surface area contributed by atoms with Gasteiger partial charge >= 0.3 is 5.97 Å². The number of esters is 1. The molecule has 0 amide bonds. The molecular formula is C24H18BrFO4. The van der Waals surface area contributed by atoms with Crippen molar-refractivity contribution in [3.05, 3.63) is 88.1 Å². The maximum atomic E-state index is 13.9. The van der Waals surface area contributed by atoms with Gasteiger partial charge in [0.25, 0.3) is 0 Å². The molecule has 0 saturated carbocycles. The monoisotopic (exact) mass is 468 g/mol. The summed E-state index contributed by atoms with van der Waals surface area (Å²) in [4.78, 5) is 12.7. The molecule has 3 aromatic carbocycles. The van der Waals surface area contributed by atoms with E-state index in [1.807, 2.05) is 30.3 Å². The molecule has 0 spiro atoms. The van der Waals surface area contributed by atoms with E-state index in [4.69, 9.17) is 13.9 Å². The van der Waals surface area contributed by atoms with Gasteiger partial charge in [-0.25, -0.2) is 9.18 Å². The summed E-state index contributed by atoms with van der Waals surface area (Å²) in [5.41, 5.74) is 2.05. The Morgan fingerprint density at radius 1 is 1.07 bits per heavy atom. The Labute approximate surface area is 181 Å². The van der Waals surface area contributed by atoms with E-state index < -0.39 is 5.97 Å². The minimum atomic E-state index is -0.475. The van der Waals surface area contributed by atoms with Crippen LogP contribution in [0.2, 0.25) is 0 Å². The van der Waals surface area contributed by atoms with E-state index >= 15 is 0 Å². The van der Waals surface area contributed by atoms with Crippen molar-refractivity contribution in [2.75, 3.05) is 6.61 Å². The summed E-state index contributed by atoms with van der Waals surface area (Å²) in [6, 6.07) is 19.2. The third kappa shape index (κ3) is 3.96. The van der Waals surface area contributed by atoms with Gasteiger partial charge in [0, 0.05) is 16.5 Å². The number of benzene rings is 3. The fourth-order valence-corrected chi connectivity index (χ4v) is 3.62. The molecule has 0 aliphatic rings. The minimum absolute atomic E-state index is 0.0505. The molecule has 0 atom stereocenters. The van der Waals surface area contributed by atoms with E-state index in [-0.39, 0.29) is 19.0 Å². The second-order valence-corrected chi connectivity index (χ2v) is 7.41. The lowest BCUT2D eigenvalue weighted by Crippen LogP contribution is -2.05. The van der Waals surface area contributed by atoms with Crippen molar-refractivity contribution in [2.45, 2.75) is 13.5 Å². The van der Waals surface area contributed by atoms with E-state index in [0.717, 1.165) is 5.56 Å². The summed E-state index contributed by atoms with van der Waals surface area (Å²) in [6.07, 6.45) is 0. The molecule has 1 aromatic heterocycles. The average Bonchev–Trinajstić information content (AvgIpc) is 3.12. The number of halogens is 2. The third-order valence-corrected chi connectivity index (χ3v) is 5.22. The van der Waals surface area contributed by atoms with Crippen LogP contribution < -0.4 is 4.74 Å². The predicted octanol–water partition coefficient (Wildman–Crippen LogP) is 6.76. The van der Waals surface area contributed by atoms with E-state index in [0.29, 0.717) is 38.1 Å². The molecule has 6 heteroatoms. The minimum Gasteiger partial charge on any atom is -0.488 e. The van der Waals surface area contributed by atoms with Crippen LogP contribution in [0.4, 0.5) is 4.39 Å². The number of carbonyl (C=O) groups is 1. The highest BCUT2D eigenvalue weighted by atomic mass is 79.9. The number of ether oxygens (including phenoxy) is 2. The van der Waals surface area contributed by atoms with Crippen molar-refractivity contribution in [1.29, 1.82) is 0 Å². The number of hydrogen-bond donors (Lipinski definition) is 0. The van der Waals surface area contributed by atoms with Crippen molar-refractivity contribution >= 4 is 32.9 Å². The number of carbonyl (C=O) groups excluding carboxylic acids is 1. The zero-order valence-corrected chi connectivity index (χ0v) is 17.7. The van der Waals surface area contributed by atoms with Crippen LogP contribution in [0.5, 0.6) is 5.75 Å². The number of hydrogen-bond acceptors (Lipinski definition) is 4. The zero-order chi connectivity index (χ0) is 21.1. The second-order valence-electron chi connectivity index (χ2n) is 6.55. The molecule has 30 heavy (non-hydrogen) atoms. The molecule has 0 bridgehead atoms. The van der Waals surface area contributed by atoms with Crippen molar-refractivity contribution in [2.24, 2.45) is 0 Å². The van der Waals surface area contributed by atoms with Gasteiger partial charge in [-0.3, -0.25) is 0 Å². The summed E-state index contributed by atoms with van der Waals surface area (Å²) < 4.78 is 31.7. The maximum absolute atomic E-state index is 13.9. The average molecular weight is 469 g/mol. The highest BCUT2D eigenvalue weighted by Crippen LogP contribution is 2.39. The molecule has 0 radical (unpaired) electrons. The maximum Gasteiger partial charge on any atom is 0.342 e. The van der Waals surface area contributed by atoms with Gasteiger partial charge in [-0.2, -0.15) is 0 Å². The number of furan rings is 1. The molecular weight excluding hydrogens is 451 g/mol. The Hall–Kier alpha value is -3.12.